The summed E-state index contributed by atoms with van der Waals surface area (Å²) in [5, 5.41) is 1.08. The summed E-state index contributed by atoms with van der Waals surface area (Å²) in [5.41, 5.74) is -0.782. The summed E-state index contributed by atoms with van der Waals surface area (Å²) in [7, 11) is -0.623. The highest BCUT2D eigenvalue weighted by atomic mass is 35.5. The lowest BCUT2D eigenvalue weighted by Crippen LogP contribution is -2.25. The van der Waals surface area contributed by atoms with Gasteiger partial charge in [0, 0.05) is 11.6 Å². The van der Waals surface area contributed by atoms with Gasteiger partial charge in [-0.3, -0.25) is 0 Å². The highest BCUT2D eigenvalue weighted by molar-refractivity contribution is 6.71. The Morgan fingerprint density at radius 3 is 2.54 bits per heavy atom. The molecule has 0 N–H and O–H groups in total. The van der Waals surface area contributed by atoms with E-state index in [1.807, 2.05) is 18.2 Å². The van der Waals surface area contributed by atoms with Crippen molar-refractivity contribution in [2.24, 2.45) is 0 Å². The van der Waals surface area contributed by atoms with Crippen molar-refractivity contribution in [1.82, 2.24) is 0 Å². The van der Waals surface area contributed by atoms with E-state index in [4.69, 9.17) is 16.3 Å². The molecule has 1 rings (SSSR count). The fourth-order valence-electron chi connectivity index (χ4n) is 1.06. The Hall–Kier alpha value is -0.803. The van der Waals surface area contributed by atoms with Crippen molar-refractivity contribution in [2.45, 2.75) is 13.1 Å². The number of hydrogen-bond acceptors (Lipinski definition) is 2. The molecule has 1 radical (unpaired) electrons. The molecule has 69 valence electrons. The standard InChI is InChI=1S/C9H10ClO2Si/c1-13(2)8-6-4-3-5-7(8)12-9(10)11/h3-6H,1-2H3. The quantitative estimate of drug-likeness (QED) is 0.557. The summed E-state index contributed by atoms with van der Waals surface area (Å²) >= 11 is 5.14. The van der Waals surface area contributed by atoms with Crippen LogP contribution in [0.5, 0.6) is 5.75 Å². The van der Waals surface area contributed by atoms with Gasteiger partial charge in [0.25, 0.3) is 0 Å². The van der Waals surface area contributed by atoms with E-state index in [0.29, 0.717) is 5.75 Å². The number of benzene rings is 1. The molecular formula is C9H10ClO2Si. The van der Waals surface area contributed by atoms with Gasteiger partial charge in [-0.25, -0.2) is 4.79 Å². The van der Waals surface area contributed by atoms with Gasteiger partial charge in [0.15, 0.2) is 0 Å². The third-order valence-corrected chi connectivity index (χ3v) is 3.18. The topological polar surface area (TPSA) is 26.3 Å². The van der Waals surface area contributed by atoms with Crippen LogP contribution in [0.25, 0.3) is 0 Å². The van der Waals surface area contributed by atoms with Crippen LogP contribution in [0.15, 0.2) is 24.3 Å². The molecule has 0 aliphatic rings. The SMILES string of the molecule is C[Si](C)c1ccccc1OC(=O)Cl. The van der Waals surface area contributed by atoms with Gasteiger partial charge in [-0.1, -0.05) is 31.3 Å². The smallest absolute Gasteiger partial charge is 0.409 e. The molecule has 0 spiro atoms. The first-order valence-corrected chi connectivity index (χ1v) is 6.76. The zero-order valence-electron chi connectivity index (χ0n) is 7.50. The second kappa shape index (κ2) is 4.44. The van der Waals surface area contributed by atoms with Crippen LogP contribution in [0.3, 0.4) is 0 Å². The van der Waals surface area contributed by atoms with Crippen LogP contribution in [0, 0.1) is 0 Å². The molecule has 0 saturated heterocycles. The van der Waals surface area contributed by atoms with E-state index in [1.54, 1.807) is 6.07 Å². The van der Waals surface area contributed by atoms with E-state index < -0.39 is 14.2 Å². The van der Waals surface area contributed by atoms with Gasteiger partial charge in [0.1, 0.15) is 5.75 Å². The monoisotopic (exact) mass is 213 g/mol. The molecule has 1 aromatic rings. The van der Waals surface area contributed by atoms with Gasteiger partial charge in [-0.05, 0) is 11.3 Å². The summed E-state index contributed by atoms with van der Waals surface area (Å²) < 4.78 is 4.86. The zero-order chi connectivity index (χ0) is 9.84. The van der Waals surface area contributed by atoms with Crippen molar-refractivity contribution in [3.05, 3.63) is 24.3 Å². The number of para-hydroxylation sites is 1. The molecule has 2 nitrogen and oxygen atoms in total. The van der Waals surface area contributed by atoms with E-state index in [9.17, 15) is 4.79 Å². The Labute approximate surface area is 84.1 Å². The number of rotatable bonds is 2. The molecule has 0 aliphatic carbocycles. The van der Waals surface area contributed by atoms with Crippen molar-refractivity contribution in [3.63, 3.8) is 0 Å². The largest absolute Gasteiger partial charge is 0.415 e. The average Bonchev–Trinajstić information content (AvgIpc) is 2.03. The molecule has 0 aliphatic heterocycles. The first kappa shape index (κ1) is 10.3. The maximum Gasteiger partial charge on any atom is 0.409 e. The third-order valence-electron chi connectivity index (χ3n) is 1.62. The minimum absolute atomic E-state index is 0.585. The van der Waals surface area contributed by atoms with Crippen LogP contribution in [0.1, 0.15) is 0 Å². The highest BCUT2D eigenvalue weighted by Gasteiger charge is 2.09. The lowest BCUT2D eigenvalue weighted by atomic mass is 10.3. The molecule has 0 amide bonds. The second-order valence-corrected chi connectivity index (χ2v) is 5.68. The molecule has 0 atom stereocenters. The molecule has 0 unspecified atom stereocenters. The van der Waals surface area contributed by atoms with Crippen LogP contribution < -0.4 is 9.92 Å². The van der Waals surface area contributed by atoms with Gasteiger partial charge in [-0.2, -0.15) is 0 Å². The van der Waals surface area contributed by atoms with Gasteiger partial charge in [0.05, 0.1) is 8.80 Å². The predicted octanol–water partition coefficient (Wildman–Crippen LogP) is 2.39. The fraction of sp³-hybridized carbons (Fsp3) is 0.222. The molecule has 0 saturated carbocycles. The van der Waals surface area contributed by atoms with Crippen molar-refractivity contribution in [2.75, 3.05) is 0 Å². The summed E-state index contributed by atoms with van der Waals surface area (Å²) in [4.78, 5) is 10.5. The van der Waals surface area contributed by atoms with Crippen LogP contribution in [-0.4, -0.2) is 14.2 Å². The number of hydrogen-bond donors (Lipinski definition) is 0. The maximum absolute atomic E-state index is 10.5. The minimum atomic E-state index is -0.782. The van der Waals surface area contributed by atoms with E-state index in [1.165, 1.54) is 0 Å². The molecule has 0 aromatic heterocycles. The summed E-state index contributed by atoms with van der Waals surface area (Å²) in [6.07, 6.45) is 0. The van der Waals surface area contributed by atoms with Crippen molar-refractivity contribution >= 4 is 31.0 Å². The zero-order valence-corrected chi connectivity index (χ0v) is 9.26. The minimum Gasteiger partial charge on any atom is -0.415 e. The molecule has 0 bridgehead atoms. The molecular weight excluding hydrogens is 204 g/mol. The molecule has 4 heteroatoms. The van der Waals surface area contributed by atoms with Gasteiger partial charge in [0.2, 0.25) is 0 Å². The number of carbonyl (C=O) groups is 1. The van der Waals surface area contributed by atoms with E-state index >= 15 is 0 Å². The first-order valence-electron chi connectivity index (χ1n) is 3.88. The van der Waals surface area contributed by atoms with Gasteiger partial charge >= 0.3 is 5.43 Å². The normalized spacial score (nSPS) is 10.2. The van der Waals surface area contributed by atoms with Crippen molar-refractivity contribution in [3.8, 4) is 5.75 Å². The predicted molar refractivity (Wildman–Crippen MR) is 55.4 cm³/mol. The van der Waals surface area contributed by atoms with E-state index in [0.717, 1.165) is 5.19 Å². The first-order chi connectivity index (χ1) is 6.11. The van der Waals surface area contributed by atoms with Crippen LogP contribution in [0.4, 0.5) is 4.79 Å². The molecule has 0 heterocycles. The van der Waals surface area contributed by atoms with Gasteiger partial charge in [-0.15, -0.1) is 0 Å². The van der Waals surface area contributed by atoms with Crippen LogP contribution in [0.2, 0.25) is 13.1 Å². The molecule has 0 fully saturated rings. The van der Waals surface area contributed by atoms with Crippen LogP contribution in [-0.2, 0) is 0 Å². The Morgan fingerprint density at radius 1 is 1.38 bits per heavy atom. The van der Waals surface area contributed by atoms with Gasteiger partial charge < -0.3 is 4.74 Å². The summed E-state index contributed by atoms with van der Waals surface area (Å²) in [5.74, 6) is 0.585. The van der Waals surface area contributed by atoms with Crippen LogP contribution >= 0.6 is 11.6 Å². The lowest BCUT2D eigenvalue weighted by molar-refractivity contribution is 0.226. The van der Waals surface area contributed by atoms with E-state index in [2.05, 4.69) is 13.1 Å². The number of carbonyl (C=O) groups excluding carboxylic acids is 1. The second-order valence-electron chi connectivity index (χ2n) is 2.84. The lowest BCUT2D eigenvalue weighted by Gasteiger charge is -2.09. The average molecular weight is 214 g/mol. The third kappa shape index (κ3) is 2.86. The Balaban J connectivity index is 2.97. The Morgan fingerprint density at radius 2 is 2.00 bits per heavy atom. The number of ether oxygens (including phenoxy) is 1. The Bertz CT molecular complexity index is 312. The van der Waals surface area contributed by atoms with Crippen molar-refractivity contribution < 1.29 is 9.53 Å². The Kier molecular flexibility index (Phi) is 3.51. The summed E-state index contributed by atoms with van der Waals surface area (Å²) in [6.45, 7) is 4.26. The number of halogens is 1. The van der Waals surface area contributed by atoms with E-state index in [-0.39, 0.29) is 0 Å². The molecule has 1 aromatic carbocycles. The molecule has 13 heavy (non-hydrogen) atoms. The van der Waals surface area contributed by atoms with Crippen molar-refractivity contribution in [1.29, 1.82) is 0 Å². The fourth-order valence-corrected chi connectivity index (χ4v) is 2.20. The maximum atomic E-state index is 10.5. The highest BCUT2D eigenvalue weighted by Crippen LogP contribution is 2.09. The summed E-state index contributed by atoms with van der Waals surface area (Å²) in [6, 6.07) is 7.47.